The minimum Gasteiger partial charge on any atom is -0.481 e. The summed E-state index contributed by atoms with van der Waals surface area (Å²) < 4.78 is 0. The van der Waals surface area contributed by atoms with Crippen LogP contribution < -0.4 is 113 Å². The number of fused-ring (bicyclic) bond motifs is 3. The van der Waals surface area contributed by atoms with Gasteiger partial charge >= 0.3 is 5.97 Å². The lowest BCUT2D eigenvalue weighted by Gasteiger charge is -2.30. The first-order valence-electron chi connectivity index (χ1n) is 45.5. The number of rotatable bonds is 36. The van der Waals surface area contributed by atoms with Crippen molar-refractivity contribution in [3.05, 3.63) is 150 Å². The molecule has 0 saturated carbocycles. The minimum absolute atomic E-state index is 0.0604. The zero-order valence-corrected chi connectivity index (χ0v) is 80.1. The molecular formula is C92H124N26O21S2. The number of primary amides is 2. The predicted octanol–water partition coefficient (Wildman–Crippen LogP) is -4.39. The van der Waals surface area contributed by atoms with E-state index in [1.165, 1.54) is 39.5 Å². The maximum Gasteiger partial charge on any atom is 0.305 e. The van der Waals surface area contributed by atoms with E-state index in [9.17, 15) is 58.5 Å². The lowest BCUT2D eigenvalue weighted by molar-refractivity contribution is -0.141. The number of aromatic amines is 2. The Labute approximate surface area is 818 Å². The van der Waals surface area contributed by atoms with Gasteiger partial charge in [0.2, 0.25) is 100 Å². The Hall–Kier alpha value is -15.0. The molecule has 0 bridgehead atoms. The fraction of sp³-hybridized carbons (Fsp3) is 0.446. The maximum absolute atomic E-state index is 15.6. The van der Waals surface area contributed by atoms with E-state index in [0.717, 1.165) is 35.4 Å². The number of aliphatic hydroxyl groups is 2. The molecule has 8 rings (SSSR count). The number of nitrogens with two attached hydrogens (primary N) is 4. The number of nitrogens with one attached hydrogen (secondary N) is 21. The summed E-state index contributed by atoms with van der Waals surface area (Å²) in [5, 5.41) is 93.7. The van der Waals surface area contributed by atoms with Crippen molar-refractivity contribution in [3.8, 4) is 0 Å². The molecule has 5 aromatic carbocycles. The van der Waals surface area contributed by atoms with Gasteiger partial charge in [0.15, 0.2) is 11.9 Å². The second kappa shape index (κ2) is 55.0. The number of carbonyl (C=O) groups is 18. The van der Waals surface area contributed by atoms with Crippen LogP contribution in [0.15, 0.2) is 128 Å². The highest BCUT2D eigenvalue weighted by Crippen LogP contribution is 2.27. The van der Waals surface area contributed by atoms with Gasteiger partial charge in [0.25, 0.3) is 0 Å². The van der Waals surface area contributed by atoms with Gasteiger partial charge in [-0.25, -0.2) is 4.98 Å². The average Bonchev–Trinajstić information content (AvgIpc) is 1.74. The van der Waals surface area contributed by atoms with Crippen LogP contribution in [0.25, 0.3) is 32.4 Å². The molecular weight excluding hydrogens is 1870 g/mol. The highest BCUT2D eigenvalue weighted by atomic mass is 33.1. The van der Waals surface area contributed by atoms with Crippen molar-refractivity contribution in [2.24, 2.45) is 34.8 Å². The van der Waals surface area contributed by atoms with E-state index >= 15 is 43.2 Å². The maximum atomic E-state index is 15.6. The Morgan fingerprint density at radius 2 is 1.03 bits per heavy atom. The van der Waals surface area contributed by atoms with Crippen molar-refractivity contribution < 1.29 is 102 Å². The number of aromatic nitrogens is 3. The number of carboxylic acid groups (broad SMARTS) is 1. The zero-order chi connectivity index (χ0) is 103. The highest BCUT2D eigenvalue weighted by Gasteiger charge is 2.41. The molecule has 1 aliphatic heterocycles. The van der Waals surface area contributed by atoms with Crippen molar-refractivity contribution in [1.29, 1.82) is 10.8 Å². The van der Waals surface area contributed by atoms with Crippen LogP contribution in [0.2, 0.25) is 0 Å². The molecule has 49 heteroatoms. The summed E-state index contributed by atoms with van der Waals surface area (Å²) in [6, 6.07) is 6.17. The molecule has 141 heavy (non-hydrogen) atoms. The summed E-state index contributed by atoms with van der Waals surface area (Å²) in [5.41, 5.74) is 24.5. The summed E-state index contributed by atoms with van der Waals surface area (Å²) >= 11 is 0. The third-order valence-electron chi connectivity index (χ3n) is 23.0. The van der Waals surface area contributed by atoms with Gasteiger partial charge in [-0.15, -0.1) is 0 Å². The number of carbonyl (C=O) groups excluding carboxylic acids is 17. The number of carboxylic acids is 1. The topological polar surface area (TPSA) is 769 Å². The minimum atomic E-state index is -2.13. The van der Waals surface area contributed by atoms with Gasteiger partial charge in [0, 0.05) is 92.6 Å². The van der Waals surface area contributed by atoms with Gasteiger partial charge < -0.3 is 139 Å². The van der Waals surface area contributed by atoms with Crippen LogP contribution in [0.5, 0.6) is 0 Å². The molecule has 17 amide bonds. The second-order valence-electron chi connectivity index (χ2n) is 34.2. The van der Waals surface area contributed by atoms with Crippen molar-refractivity contribution in [2.45, 2.75) is 209 Å². The van der Waals surface area contributed by atoms with Crippen molar-refractivity contribution >= 4 is 172 Å². The van der Waals surface area contributed by atoms with E-state index in [-0.39, 0.29) is 63.3 Å². The standard InChI is InChI=1S/C92H124N26O21S2/c1-7-47(4)75(117-86(135)68(42-119)113-79(128)60(105-49(6)121)28-16-32-100-91(95)96)90(139)115-70-44-141-140-43-69(88(137)118-76(48(5)120)77(94)126)114-80(129)61(29-17-33-101-92(97)98)107-84(133)66(37-55-40-99-45-104-55)110-82(131)64(34-52-22-14-20-50-18-8-10-24-56(50)52)106-72(123)41-103-78(127)63(36-54-39-102-59-27-13-12-26-58(54)59)109-85(134)67(38-73(124)125)111-81(130)62(30-31-71(93)122)108-83(132)65(112-89(138)74(46(2)3)116-87(70)136)35-53-23-15-21-51-19-9-11-25-57(51)53/h8-15,18-27,39-40,45-48,60-70,74-76,102,119-120H,7,16-17,28-38,41-44H2,1-6H3,(H2,93,122)(H2,94,126)(H,99,104)(H,103,127)(H,105,121)(H,106,123)(H,107,133)(H,108,132)(H,109,134)(H,110,131)(H,111,130)(H,112,138)(H,113,128)(H,114,129)(H,115,139)(H,116,136)(H,117,135)(H,118,137)(H,124,125)(H4,95,96,100)(H4,97,98,101)/t47-,48+,60-,61-,62-,63-,64-,65-,66-,67-,68-,69-,70-,74-,75-,76-/m0/s1. The molecule has 0 unspecified atom stereocenters. The molecule has 7 aromatic rings. The first-order valence-corrected chi connectivity index (χ1v) is 48.0. The summed E-state index contributed by atoms with van der Waals surface area (Å²) in [6.45, 7) is 6.34. The number of para-hydroxylation sites is 1. The summed E-state index contributed by atoms with van der Waals surface area (Å²) in [7, 11) is 1.46. The molecule has 0 aliphatic carbocycles. The highest BCUT2D eigenvalue weighted by molar-refractivity contribution is 8.76. The number of H-pyrrole nitrogens is 2. The van der Waals surface area contributed by atoms with E-state index in [4.69, 9.17) is 33.8 Å². The molecule has 32 N–H and O–H groups in total. The summed E-state index contributed by atoms with van der Waals surface area (Å²) in [4.78, 5) is 272. The quantitative estimate of drug-likeness (QED) is 0.00763. The summed E-state index contributed by atoms with van der Waals surface area (Å²) in [6.07, 6.45) is -1.81. The van der Waals surface area contributed by atoms with Crippen LogP contribution >= 0.6 is 21.6 Å². The van der Waals surface area contributed by atoms with E-state index in [2.05, 4.69) is 105 Å². The van der Waals surface area contributed by atoms with Crippen LogP contribution in [0, 0.1) is 22.7 Å². The Morgan fingerprint density at radius 1 is 0.518 bits per heavy atom. The molecule has 0 radical (unpaired) electrons. The lowest BCUT2D eigenvalue weighted by Crippen LogP contribution is -2.62. The number of nitrogens with zero attached hydrogens (tertiary/aromatic N) is 1. The SMILES string of the molecule is CC[C@H](C)[C@H](NC(=O)[C@H](CO)NC(=O)[C@H](CCCNC(=N)N)NC(C)=O)C(=O)N[C@H]1CSSC[C@@H](C(=O)N[C@H](C(N)=O)[C@@H](C)O)NC(=O)[C@H](CCCNC(=N)N)NC(=O)[C@H](Cc2cnc[nH]2)NC(=O)[C@H](Cc2cccc3ccccc23)NC(=O)CNC(=O)[C@H](Cc2c[nH]c3ccccc23)NC(=O)[C@H](CC(=O)O)NC(=O)[C@H](CCC(N)=O)NC(=O)[C@H](Cc2cccc3ccccc23)NC(=O)[C@H](C(C)C)NC1=O. The lowest BCUT2D eigenvalue weighted by atomic mass is 9.96. The number of hydrogen-bond acceptors (Lipinski definition) is 25. The molecule has 1 saturated heterocycles. The number of benzene rings is 5. The molecule has 3 heterocycles. The van der Waals surface area contributed by atoms with Crippen molar-refractivity contribution in [3.63, 3.8) is 0 Å². The smallest absolute Gasteiger partial charge is 0.305 e. The Kier molecular flexibility index (Phi) is 43.4. The number of guanidine groups is 2. The third-order valence-corrected chi connectivity index (χ3v) is 25.5. The normalized spacial score (nSPS) is 20.8. The monoisotopic (exact) mass is 1990 g/mol. The van der Waals surface area contributed by atoms with Crippen molar-refractivity contribution in [1.82, 2.24) is 105 Å². The Bertz CT molecular complexity index is 5640. The van der Waals surface area contributed by atoms with E-state index in [1.54, 1.807) is 116 Å². The predicted molar refractivity (Wildman–Crippen MR) is 521 cm³/mol. The van der Waals surface area contributed by atoms with Crippen LogP contribution in [-0.2, 0) is 112 Å². The summed E-state index contributed by atoms with van der Waals surface area (Å²) in [5.74, 6) is -24.3. The fourth-order valence-corrected chi connectivity index (χ4v) is 17.6. The number of hydrogen-bond donors (Lipinski definition) is 28. The first kappa shape index (κ1) is 111. The van der Waals surface area contributed by atoms with E-state index in [1.807, 2.05) is 0 Å². The molecule has 1 aliphatic rings. The number of amides is 17. The van der Waals surface area contributed by atoms with Gasteiger partial charge in [-0.2, -0.15) is 0 Å². The number of aliphatic hydroxyl groups excluding tert-OH is 2. The van der Waals surface area contributed by atoms with Gasteiger partial charge in [-0.3, -0.25) is 97.1 Å². The number of imidazole rings is 1. The Balaban J connectivity index is 1.26. The van der Waals surface area contributed by atoms with E-state index in [0.29, 0.717) is 49.1 Å². The van der Waals surface area contributed by atoms with Crippen LogP contribution in [-0.4, -0.2) is 277 Å². The Morgan fingerprint density at radius 3 is 1.59 bits per heavy atom. The van der Waals surface area contributed by atoms with Gasteiger partial charge in [-0.05, 0) is 95.2 Å². The van der Waals surface area contributed by atoms with Crippen LogP contribution in [0.1, 0.15) is 115 Å². The molecule has 47 nitrogen and oxygen atoms in total. The average molecular weight is 1990 g/mol. The van der Waals surface area contributed by atoms with Gasteiger partial charge in [0.1, 0.15) is 84.6 Å². The molecule has 760 valence electrons. The third kappa shape index (κ3) is 34.8. The number of aliphatic carboxylic acids is 1. The zero-order valence-electron chi connectivity index (χ0n) is 78.4. The van der Waals surface area contributed by atoms with Gasteiger partial charge in [0.05, 0.1) is 32.0 Å². The van der Waals surface area contributed by atoms with Crippen molar-refractivity contribution in [2.75, 3.05) is 37.7 Å². The molecule has 2 aromatic heterocycles. The second-order valence-corrected chi connectivity index (χ2v) is 36.8. The van der Waals surface area contributed by atoms with Crippen LogP contribution in [0.3, 0.4) is 0 Å². The molecule has 0 spiro atoms. The largest absolute Gasteiger partial charge is 0.481 e. The first-order chi connectivity index (χ1) is 67.1. The van der Waals surface area contributed by atoms with Gasteiger partial charge in [-0.1, -0.05) is 159 Å². The van der Waals surface area contributed by atoms with Crippen LogP contribution in [0.4, 0.5) is 0 Å². The fourth-order valence-electron chi connectivity index (χ4n) is 15.3. The molecule has 1 fully saturated rings. The van der Waals surface area contributed by atoms with E-state index < -0.39 is 278 Å². The molecule has 16 atom stereocenters.